The van der Waals surface area contributed by atoms with Gasteiger partial charge in [-0.1, -0.05) is 43.4 Å². The van der Waals surface area contributed by atoms with Gasteiger partial charge in [0.1, 0.15) is 0 Å². The Kier molecular flexibility index (Phi) is 4.81. The molecule has 0 aliphatic heterocycles. The van der Waals surface area contributed by atoms with Crippen LogP contribution in [0.1, 0.15) is 46.0 Å². The van der Waals surface area contributed by atoms with Crippen LogP contribution in [0.3, 0.4) is 0 Å². The fraction of sp³-hybridized carbons (Fsp3) is 0.211. The zero-order valence-corrected chi connectivity index (χ0v) is 15.0. The van der Waals surface area contributed by atoms with Crippen LogP contribution in [0.2, 0.25) is 0 Å². The molecule has 0 aliphatic rings. The predicted octanol–water partition coefficient (Wildman–Crippen LogP) is 4.46. The van der Waals surface area contributed by atoms with Gasteiger partial charge in [-0.25, -0.2) is 9.78 Å². The minimum absolute atomic E-state index is 0.228. The number of anilines is 1. The van der Waals surface area contributed by atoms with E-state index in [9.17, 15) is 9.59 Å². The van der Waals surface area contributed by atoms with E-state index in [4.69, 9.17) is 4.74 Å². The Hall–Kier alpha value is -2.73. The van der Waals surface area contributed by atoms with Gasteiger partial charge in [0.2, 0.25) is 0 Å². The number of fused-ring (bicyclic) bond motifs is 1. The van der Waals surface area contributed by atoms with E-state index in [2.05, 4.69) is 30.2 Å². The molecule has 1 heterocycles. The van der Waals surface area contributed by atoms with Crippen molar-refractivity contribution in [1.29, 1.82) is 0 Å². The predicted molar refractivity (Wildman–Crippen MR) is 99.4 cm³/mol. The lowest BCUT2D eigenvalue weighted by Crippen LogP contribution is -2.16. The molecule has 0 aliphatic carbocycles. The summed E-state index contributed by atoms with van der Waals surface area (Å²) < 4.78 is 5.75. The summed E-state index contributed by atoms with van der Waals surface area (Å²) >= 11 is 1.41. The molecule has 3 rings (SSSR count). The van der Waals surface area contributed by atoms with Crippen molar-refractivity contribution < 1.29 is 14.3 Å². The Morgan fingerprint density at radius 2 is 1.84 bits per heavy atom. The van der Waals surface area contributed by atoms with Gasteiger partial charge >= 0.3 is 5.97 Å². The molecule has 0 unspecified atom stereocenters. The molecule has 2 aromatic carbocycles. The summed E-state index contributed by atoms with van der Waals surface area (Å²) in [6, 6.07) is 12.6. The van der Waals surface area contributed by atoms with Gasteiger partial charge < -0.3 is 4.74 Å². The SMILES string of the molecule is COC(=O)c1ccccc1C(=O)Nc1nc2ccc(C(C)C)cc2s1. The van der Waals surface area contributed by atoms with Crippen molar-refractivity contribution >= 4 is 38.6 Å². The minimum Gasteiger partial charge on any atom is -0.465 e. The highest BCUT2D eigenvalue weighted by Gasteiger charge is 2.18. The number of hydrogen-bond acceptors (Lipinski definition) is 5. The number of hydrogen-bond donors (Lipinski definition) is 1. The second-order valence-electron chi connectivity index (χ2n) is 5.89. The smallest absolute Gasteiger partial charge is 0.338 e. The molecule has 0 bridgehead atoms. The Morgan fingerprint density at radius 1 is 1.12 bits per heavy atom. The first-order chi connectivity index (χ1) is 12.0. The molecule has 1 N–H and O–H groups in total. The maximum absolute atomic E-state index is 12.6. The molecular weight excluding hydrogens is 336 g/mol. The number of nitrogens with one attached hydrogen (secondary N) is 1. The summed E-state index contributed by atoms with van der Waals surface area (Å²) in [5, 5.41) is 3.28. The van der Waals surface area contributed by atoms with Gasteiger partial charge in [-0.2, -0.15) is 0 Å². The van der Waals surface area contributed by atoms with Gasteiger partial charge in [0.05, 0.1) is 28.5 Å². The second kappa shape index (κ2) is 7.03. The Labute approximate surface area is 149 Å². The number of esters is 1. The van der Waals surface area contributed by atoms with Gasteiger partial charge in [-0.3, -0.25) is 10.1 Å². The van der Waals surface area contributed by atoms with Crippen molar-refractivity contribution in [2.24, 2.45) is 0 Å². The minimum atomic E-state index is -0.545. The molecule has 25 heavy (non-hydrogen) atoms. The zero-order chi connectivity index (χ0) is 18.0. The van der Waals surface area contributed by atoms with Crippen LogP contribution in [0.4, 0.5) is 5.13 Å². The number of amides is 1. The van der Waals surface area contributed by atoms with Crippen molar-refractivity contribution in [3.8, 4) is 0 Å². The second-order valence-corrected chi connectivity index (χ2v) is 6.92. The van der Waals surface area contributed by atoms with Crippen LogP contribution in [-0.2, 0) is 4.74 Å². The van der Waals surface area contributed by atoms with E-state index >= 15 is 0 Å². The number of nitrogens with zero attached hydrogens (tertiary/aromatic N) is 1. The Balaban J connectivity index is 1.89. The number of carbonyl (C=O) groups excluding carboxylic acids is 2. The number of methoxy groups -OCH3 is 1. The molecule has 0 fully saturated rings. The first-order valence-electron chi connectivity index (χ1n) is 7.88. The number of rotatable bonds is 4. The van der Waals surface area contributed by atoms with Crippen LogP contribution < -0.4 is 5.32 Å². The van der Waals surface area contributed by atoms with Gasteiger partial charge in [0.15, 0.2) is 5.13 Å². The molecule has 1 amide bonds. The average molecular weight is 354 g/mol. The van der Waals surface area contributed by atoms with Crippen molar-refractivity contribution in [1.82, 2.24) is 4.98 Å². The van der Waals surface area contributed by atoms with E-state index in [1.165, 1.54) is 24.0 Å². The summed E-state index contributed by atoms with van der Waals surface area (Å²) in [4.78, 5) is 28.8. The van der Waals surface area contributed by atoms with Crippen molar-refractivity contribution in [2.45, 2.75) is 19.8 Å². The highest BCUT2D eigenvalue weighted by atomic mass is 32.1. The van der Waals surface area contributed by atoms with E-state index in [0.717, 1.165) is 10.2 Å². The van der Waals surface area contributed by atoms with Crippen molar-refractivity contribution in [3.63, 3.8) is 0 Å². The van der Waals surface area contributed by atoms with E-state index < -0.39 is 5.97 Å². The van der Waals surface area contributed by atoms with Gasteiger partial charge in [0, 0.05) is 0 Å². The molecule has 0 spiro atoms. The largest absolute Gasteiger partial charge is 0.465 e. The number of carbonyl (C=O) groups is 2. The fourth-order valence-corrected chi connectivity index (χ4v) is 3.40. The monoisotopic (exact) mass is 354 g/mol. The highest BCUT2D eigenvalue weighted by Crippen LogP contribution is 2.29. The van der Waals surface area contributed by atoms with E-state index in [0.29, 0.717) is 11.0 Å². The fourth-order valence-electron chi connectivity index (χ4n) is 2.49. The molecule has 1 aromatic heterocycles. The topological polar surface area (TPSA) is 68.3 Å². The maximum atomic E-state index is 12.6. The van der Waals surface area contributed by atoms with E-state index in [1.807, 2.05) is 12.1 Å². The normalized spacial score (nSPS) is 10.9. The number of benzene rings is 2. The molecule has 0 saturated heterocycles. The summed E-state index contributed by atoms with van der Waals surface area (Å²) in [6.45, 7) is 4.27. The first-order valence-corrected chi connectivity index (χ1v) is 8.70. The molecule has 0 radical (unpaired) electrons. The molecule has 128 valence electrons. The van der Waals surface area contributed by atoms with Crippen LogP contribution in [-0.4, -0.2) is 24.0 Å². The molecule has 0 atom stereocenters. The zero-order valence-electron chi connectivity index (χ0n) is 14.2. The molecular formula is C19H18N2O3S. The Bertz CT molecular complexity index is 947. The highest BCUT2D eigenvalue weighted by molar-refractivity contribution is 7.22. The summed E-state index contributed by atoms with van der Waals surface area (Å²) in [6.07, 6.45) is 0. The average Bonchev–Trinajstić information content (AvgIpc) is 3.02. The standard InChI is InChI=1S/C19H18N2O3S/c1-11(2)12-8-9-15-16(10-12)25-19(20-15)21-17(22)13-6-4-5-7-14(13)18(23)24-3/h4-11H,1-3H3,(H,20,21,22). The first kappa shape index (κ1) is 17.1. The van der Waals surface area contributed by atoms with Gasteiger partial charge in [-0.15, -0.1) is 0 Å². The lowest BCUT2D eigenvalue weighted by molar-refractivity contribution is 0.0597. The summed E-state index contributed by atoms with van der Waals surface area (Å²) in [5.41, 5.74) is 2.55. The van der Waals surface area contributed by atoms with Crippen molar-refractivity contribution in [3.05, 3.63) is 59.2 Å². The van der Waals surface area contributed by atoms with Crippen LogP contribution in [0.15, 0.2) is 42.5 Å². The van der Waals surface area contributed by atoms with E-state index in [1.54, 1.807) is 24.3 Å². The third kappa shape index (κ3) is 3.53. The van der Waals surface area contributed by atoms with Crippen molar-refractivity contribution in [2.75, 3.05) is 12.4 Å². The molecule has 3 aromatic rings. The molecule has 6 heteroatoms. The number of ether oxygens (including phenoxy) is 1. The summed E-state index contributed by atoms with van der Waals surface area (Å²) in [7, 11) is 1.29. The third-order valence-corrected chi connectivity index (χ3v) is 4.81. The Morgan fingerprint density at radius 3 is 2.52 bits per heavy atom. The van der Waals surface area contributed by atoms with Gasteiger partial charge in [-0.05, 0) is 35.7 Å². The summed E-state index contributed by atoms with van der Waals surface area (Å²) in [5.74, 6) is -0.503. The van der Waals surface area contributed by atoms with Gasteiger partial charge in [0.25, 0.3) is 5.91 Å². The van der Waals surface area contributed by atoms with Crippen LogP contribution in [0.25, 0.3) is 10.2 Å². The lowest BCUT2D eigenvalue weighted by atomic mass is 10.0. The maximum Gasteiger partial charge on any atom is 0.338 e. The number of aromatic nitrogens is 1. The molecule has 5 nitrogen and oxygen atoms in total. The van der Waals surface area contributed by atoms with Crippen LogP contribution in [0, 0.1) is 0 Å². The molecule has 0 saturated carbocycles. The van der Waals surface area contributed by atoms with Crippen LogP contribution >= 0.6 is 11.3 Å². The van der Waals surface area contributed by atoms with Crippen LogP contribution in [0.5, 0.6) is 0 Å². The third-order valence-electron chi connectivity index (χ3n) is 3.88. The lowest BCUT2D eigenvalue weighted by Gasteiger charge is -2.06. The van der Waals surface area contributed by atoms with E-state index in [-0.39, 0.29) is 17.0 Å². The quantitative estimate of drug-likeness (QED) is 0.703. The number of thiazole rings is 1.